The summed E-state index contributed by atoms with van der Waals surface area (Å²) in [5, 5.41) is 24.0. The minimum absolute atomic E-state index is 0.110. The lowest BCUT2D eigenvalue weighted by atomic mass is 9.93. The number of aryl methyl sites for hydroxylation is 1. The number of halogens is 3. The molecule has 2 fully saturated rings. The van der Waals surface area contributed by atoms with Crippen molar-refractivity contribution in [3.8, 4) is 5.88 Å². The highest BCUT2D eigenvalue weighted by Crippen LogP contribution is 2.43. The van der Waals surface area contributed by atoms with Crippen LogP contribution in [-0.4, -0.2) is 64.6 Å². The SMILES string of the molecule is CCc1ccc(Cc2c(OC3OC(COC(=O)OC)C(OO)CC3O)nn(C3CCC3)c2C(F)(F)F)cc1. The minimum Gasteiger partial charge on any atom is -0.444 e. The highest BCUT2D eigenvalue weighted by Gasteiger charge is 2.45. The van der Waals surface area contributed by atoms with Gasteiger partial charge in [-0.05, 0) is 36.8 Å². The number of alkyl halides is 3. The van der Waals surface area contributed by atoms with Crippen molar-refractivity contribution >= 4 is 6.16 Å². The van der Waals surface area contributed by atoms with Gasteiger partial charge in [0.1, 0.15) is 30.6 Å². The van der Waals surface area contributed by atoms with Gasteiger partial charge in [-0.15, -0.1) is 5.10 Å². The van der Waals surface area contributed by atoms with Crippen molar-refractivity contribution < 1.29 is 52.2 Å². The summed E-state index contributed by atoms with van der Waals surface area (Å²) in [5.74, 6) is -0.316. The van der Waals surface area contributed by atoms with E-state index in [-0.39, 0.29) is 24.3 Å². The number of hydrogen-bond donors (Lipinski definition) is 2. The van der Waals surface area contributed by atoms with Gasteiger partial charge in [0.2, 0.25) is 12.2 Å². The summed E-state index contributed by atoms with van der Waals surface area (Å²) in [7, 11) is 1.10. The molecule has 1 saturated heterocycles. The molecule has 1 aromatic carbocycles. The number of aliphatic hydroxyl groups excluding tert-OH is 1. The molecule has 38 heavy (non-hydrogen) atoms. The molecule has 2 aliphatic rings. The van der Waals surface area contributed by atoms with Gasteiger partial charge in [-0.3, -0.25) is 9.94 Å². The second kappa shape index (κ2) is 11.9. The first-order valence-electron chi connectivity index (χ1n) is 12.4. The summed E-state index contributed by atoms with van der Waals surface area (Å²) in [6.45, 7) is 1.56. The lowest BCUT2D eigenvalue weighted by Gasteiger charge is -2.36. The number of carbonyl (C=O) groups excluding carboxylic acids is 1. The first kappa shape index (κ1) is 28.1. The van der Waals surface area contributed by atoms with Crippen molar-refractivity contribution in [3.05, 3.63) is 46.6 Å². The Hall–Kier alpha value is -2.87. The molecule has 2 heterocycles. The average Bonchev–Trinajstić information content (AvgIpc) is 3.20. The highest BCUT2D eigenvalue weighted by atomic mass is 19.4. The molecule has 4 atom stereocenters. The summed E-state index contributed by atoms with van der Waals surface area (Å²) < 4.78 is 64.8. The van der Waals surface area contributed by atoms with E-state index in [9.17, 15) is 28.3 Å². The van der Waals surface area contributed by atoms with Gasteiger partial charge in [0.15, 0.2) is 0 Å². The Morgan fingerprint density at radius 2 is 1.89 bits per heavy atom. The minimum atomic E-state index is -4.71. The Bertz CT molecular complexity index is 1090. The van der Waals surface area contributed by atoms with Gasteiger partial charge in [0.25, 0.3) is 0 Å². The van der Waals surface area contributed by atoms with E-state index in [1.54, 1.807) is 12.1 Å². The van der Waals surface area contributed by atoms with Crippen molar-refractivity contribution in [3.63, 3.8) is 0 Å². The molecular weight excluding hydrogens is 513 g/mol. The van der Waals surface area contributed by atoms with Gasteiger partial charge in [-0.25, -0.2) is 9.68 Å². The van der Waals surface area contributed by atoms with Crippen molar-refractivity contribution in [2.75, 3.05) is 13.7 Å². The van der Waals surface area contributed by atoms with Crippen LogP contribution in [0.2, 0.25) is 0 Å². The molecule has 210 valence electrons. The molecule has 10 nitrogen and oxygen atoms in total. The number of benzene rings is 1. The number of methoxy groups -OCH3 is 1. The molecule has 0 bridgehead atoms. The van der Waals surface area contributed by atoms with Gasteiger partial charge in [-0.2, -0.15) is 13.2 Å². The molecule has 1 aromatic heterocycles. The normalized spacial score (nSPS) is 24.1. The second-order valence-corrected chi connectivity index (χ2v) is 9.38. The summed E-state index contributed by atoms with van der Waals surface area (Å²) in [6.07, 6.45) is -8.40. The van der Waals surface area contributed by atoms with E-state index in [4.69, 9.17) is 14.2 Å². The second-order valence-electron chi connectivity index (χ2n) is 9.38. The van der Waals surface area contributed by atoms with Crippen molar-refractivity contribution in [2.45, 2.75) is 82.3 Å². The zero-order chi connectivity index (χ0) is 27.4. The largest absolute Gasteiger partial charge is 0.508 e. The first-order chi connectivity index (χ1) is 18.1. The third kappa shape index (κ3) is 6.22. The van der Waals surface area contributed by atoms with E-state index >= 15 is 0 Å². The third-order valence-electron chi connectivity index (χ3n) is 6.88. The number of carbonyl (C=O) groups is 1. The van der Waals surface area contributed by atoms with Crippen LogP contribution < -0.4 is 4.74 Å². The summed E-state index contributed by atoms with van der Waals surface area (Å²) >= 11 is 0. The van der Waals surface area contributed by atoms with Crippen LogP contribution in [0.3, 0.4) is 0 Å². The van der Waals surface area contributed by atoms with Crippen molar-refractivity contribution in [1.29, 1.82) is 0 Å². The zero-order valence-electron chi connectivity index (χ0n) is 21.0. The molecule has 1 aliphatic heterocycles. The molecule has 4 rings (SSSR count). The molecule has 1 saturated carbocycles. The molecule has 2 N–H and O–H groups in total. The smallest absolute Gasteiger partial charge is 0.444 e. The predicted octanol–water partition coefficient (Wildman–Crippen LogP) is 4.28. The molecule has 2 aromatic rings. The maximum absolute atomic E-state index is 14.4. The van der Waals surface area contributed by atoms with Gasteiger partial charge in [0, 0.05) is 12.8 Å². The monoisotopic (exact) mass is 544 g/mol. The molecule has 0 radical (unpaired) electrons. The topological polar surface area (TPSA) is 122 Å². The highest BCUT2D eigenvalue weighted by molar-refractivity contribution is 5.59. The predicted molar refractivity (Wildman–Crippen MR) is 125 cm³/mol. The molecular formula is C25H31F3N2O8. The van der Waals surface area contributed by atoms with Gasteiger partial charge >= 0.3 is 12.3 Å². The number of aliphatic hydroxyl groups is 1. The fourth-order valence-corrected chi connectivity index (χ4v) is 4.53. The van der Waals surface area contributed by atoms with Crippen molar-refractivity contribution in [1.82, 2.24) is 9.78 Å². The Morgan fingerprint density at radius 1 is 1.21 bits per heavy atom. The van der Waals surface area contributed by atoms with Crippen LogP contribution in [0, 0.1) is 0 Å². The van der Waals surface area contributed by atoms with E-state index in [1.165, 1.54) is 0 Å². The lowest BCUT2D eigenvalue weighted by Crippen LogP contribution is -2.52. The quantitative estimate of drug-likeness (QED) is 0.271. The van der Waals surface area contributed by atoms with Crippen LogP contribution in [-0.2, 0) is 38.1 Å². The maximum atomic E-state index is 14.4. The standard InChI is InChI=1S/C25H31F3N2O8/c1-3-14-7-9-15(10-8-14)11-17-21(25(26,27)28)30(16-5-4-6-16)29-22(17)37-23-18(31)12-19(38-33)20(36-23)13-35-24(32)34-2/h7-10,16,18-20,23,31,33H,3-6,11-13H2,1-2H3. The summed E-state index contributed by atoms with van der Waals surface area (Å²) in [4.78, 5) is 15.7. The van der Waals surface area contributed by atoms with Gasteiger partial charge < -0.3 is 24.1 Å². The Morgan fingerprint density at radius 3 is 2.45 bits per heavy atom. The van der Waals surface area contributed by atoms with E-state index in [0.29, 0.717) is 18.4 Å². The number of hydrogen-bond acceptors (Lipinski definition) is 9. The van der Waals surface area contributed by atoms with Crippen LogP contribution in [0.1, 0.15) is 61.0 Å². The van der Waals surface area contributed by atoms with Crippen LogP contribution in [0.25, 0.3) is 0 Å². The Balaban J connectivity index is 1.66. The lowest BCUT2D eigenvalue weighted by molar-refractivity contribution is -0.342. The number of ether oxygens (including phenoxy) is 4. The Labute approximate surface area is 217 Å². The first-order valence-corrected chi connectivity index (χ1v) is 12.4. The third-order valence-corrected chi connectivity index (χ3v) is 6.88. The van der Waals surface area contributed by atoms with Crippen LogP contribution in [0.5, 0.6) is 5.88 Å². The van der Waals surface area contributed by atoms with E-state index in [0.717, 1.165) is 30.2 Å². The van der Waals surface area contributed by atoms with E-state index in [2.05, 4.69) is 14.7 Å². The van der Waals surface area contributed by atoms with Crippen LogP contribution >= 0.6 is 0 Å². The number of rotatable bonds is 9. The zero-order valence-corrected chi connectivity index (χ0v) is 21.0. The Kier molecular flexibility index (Phi) is 8.81. The number of nitrogens with zero attached hydrogens (tertiary/aromatic N) is 2. The number of aromatic nitrogens is 2. The summed E-state index contributed by atoms with van der Waals surface area (Å²) in [6, 6.07) is 6.82. The van der Waals surface area contributed by atoms with Gasteiger partial charge in [-0.1, -0.05) is 31.2 Å². The van der Waals surface area contributed by atoms with Gasteiger partial charge in [0.05, 0.1) is 18.7 Å². The van der Waals surface area contributed by atoms with E-state index < -0.39 is 55.3 Å². The van der Waals surface area contributed by atoms with Crippen molar-refractivity contribution in [2.24, 2.45) is 0 Å². The molecule has 1 aliphatic carbocycles. The van der Waals surface area contributed by atoms with E-state index in [1.807, 2.05) is 19.1 Å². The summed E-state index contributed by atoms with van der Waals surface area (Å²) in [5.41, 5.74) is 0.608. The maximum Gasteiger partial charge on any atom is 0.508 e. The fourth-order valence-electron chi connectivity index (χ4n) is 4.53. The fraction of sp³-hybridized carbons (Fsp3) is 0.600. The van der Waals surface area contributed by atoms with Crippen LogP contribution in [0.15, 0.2) is 24.3 Å². The molecule has 4 unspecified atom stereocenters. The average molecular weight is 545 g/mol. The molecule has 0 amide bonds. The molecule has 13 heteroatoms. The van der Waals surface area contributed by atoms with Crippen LogP contribution in [0.4, 0.5) is 18.0 Å². The molecule has 0 spiro atoms.